The van der Waals surface area contributed by atoms with Gasteiger partial charge >= 0.3 is 12.1 Å². The molecule has 6 heterocycles. The van der Waals surface area contributed by atoms with E-state index >= 15 is 4.39 Å². The zero-order valence-electron chi connectivity index (χ0n) is 28.3. The number of anilines is 1. The molecule has 0 saturated carbocycles. The molecular weight excluding hydrogens is 687 g/mol. The monoisotopic (exact) mass is 722 g/mol. The number of nitrogens with zero attached hydrogens (tertiary/aromatic N) is 8. The molecule has 3 fully saturated rings. The Bertz CT molecular complexity index is 2150. The van der Waals surface area contributed by atoms with Gasteiger partial charge in [-0.1, -0.05) is 54.1 Å². The fourth-order valence-corrected chi connectivity index (χ4v) is 7.70. The second-order valence-corrected chi connectivity index (χ2v) is 13.7. The van der Waals surface area contributed by atoms with E-state index in [4.69, 9.17) is 37.4 Å². The zero-order valence-corrected chi connectivity index (χ0v) is 29.1. The average Bonchev–Trinajstić information content (AvgIpc) is 3.80. The molecule has 266 valence electrons. The minimum Gasteiger partial charge on any atom is -0.463 e. The molecular formula is C38H36ClFN8O4. The van der Waals surface area contributed by atoms with Crippen molar-refractivity contribution in [3.05, 3.63) is 94.9 Å². The van der Waals surface area contributed by atoms with Gasteiger partial charge in [-0.25, -0.2) is 15.8 Å². The summed E-state index contributed by atoms with van der Waals surface area (Å²) in [4.78, 5) is 41.1. The lowest BCUT2D eigenvalue weighted by atomic mass is 10.0. The van der Waals surface area contributed by atoms with Gasteiger partial charge in [0.05, 0.1) is 24.7 Å². The number of hydrogen-bond donors (Lipinski definition) is 0. The van der Waals surface area contributed by atoms with E-state index in [0.717, 1.165) is 43.5 Å². The Morgan fingerprint density at radius 1 is 1.08 bits per heavy atom. The molecule has 3 aromatic heterocycles. The van der Waals surface area contributed by atoms with Crippen LogP contribution in [0.5, 0.6) is 6.01 Å². The molecule has 8 rings (SSSR count). The van der Waals surface area contributed by atoms with Gasteiger partial charge in [-0.2, -0.15) is 9.97 Å². The Morgan fingerprint density at radius 3 is 2.77 bits per heavy atom. The number of morpholine rings is 1. The molecule has 5 aromatic rings. The average molecular weight is 723 g/mol. The maximum Gasteiger partial charge on any atom is 0.410 e. The number of likely N-dealkylation sites (tertiary alicyclic amines) is 1. The number of carbonyl (C=O) groups excluding carboxylic acids is 1. The van der Waals surface area contributed by atoms with Gasteiger partial charge in [0, 0.05) is 78.7 Å². The molecule has 3 saturated heterocycles. The van der Waals surface area contributed by atoms with Crippen LogP contribution in [-0.4, -0.2) is 106 Å². The number of piperazine rings is 1. The zero-order chi connectivity index (χ0) is 35.6. The van der Waals surface area contributed by atoms with Crippen molar-refractivity contribution in [2.24, 2.45) is 0 Å². The van der Waals surface area contributed by atoms with E-state index < -0.39 is 18.0 Å². The highest BCUT2D eigenvalue weighted by molar-refractivity contribution is 6.36. The summed E-state index contributed by atoms with van der Waals surface area (Å²) in [5.74, 6) is -0.248. The predicted molar refractivity (Wildman–Crippen MR) is 194 cm³/mol. The van der Waals surface area contributed by atoms with Crippen LogP contribution in [0.3, 0.4) is 0 Å². The molecule has 0 radical (unpaired) electrons. The minimum atomic E-state index is -0.658. The van der Waals surface area contributed by atoms with Gasteiger partial charge in [0.15, 0.2) is 5.82 Å². The second kappa shape index (κ2) is 14.8. The number of amides is 1. The van der Waals surface area contributed by atoms with Crippen molar-refractivity contribution in [3.8, 4) is 17.3 Å². The van der Waals surface area contributed by atoms with E-state index in [-0.39, 0.29) is 43.5 Å². The Balaban J connectivity index is 1.09. The van der Waals surface area contributed by atoms with Crippen molar-refractivity contribution >= 4 is 45.2 Å². The number of ether oxygens (including phenoxy) is 3. The number of fused-ring (bicyclic) bond motifs is 4. The van der Waals surface area contributed by atoms with Gasteiger partial charge in [-0.3, -0.25) is 19.8 Å². The van der Waals surface area contributed by atoms with Crippen LogP contribution in [0.2, 0.25) is 5.02 Å². The summed E-state index contributed by atoms with van der Waals surface area (Å²) >= 11 is 6.60. The Hall–Kier alpha value is -5.16. The first-order chi connectivity index (χ1) is 25.5. The molecule has 2 bridgehead atoms. The first kappa shape index (κ1) is 34.0. The van der Waals surface area contributed by atoms with Crippen molar-refractivity contribution in [1.29, 1.82) is 0 Å². The lowest BCUT2D eigenvalue weighted by molar-refractivity contribution is 0.0287. The van der Waals surface area contributed by atoms with Crippen LogP contribution in [0.15, 0.2) is 67.1 Å². The second-order valence-electron chi connectivity index (χ2n) is 13.3. The SMILES string of the molecule is [C-]#[N+]C[C@H]1CN(c2nc(OCCCN3C[C@@H]4C[C@H]3CO4)nc3c(F)c(-c4cncc5cccc(Cl)c45)ncc23)CCN1C(=O)OCc1ccccc1. The van der Waals surface area contributed by atoms with E-state index in [1.165, 1.54) is 0 Å². The standard InChI is InChI=1S/C38H36ClFN8O4/c1-41-17-27-20-47(12-13-48(27)38(49)52-22-24-7-3-2-4-8-24)36-30-19-43-34(29-18-42-16-25-9-5-10-31(39)32(25)29)33(40)35(30)44-37(45-36)50-14-6-11-46-21-28-15-26(46)23-51-28/h2-5,7-10,16,18-19,26-28H,6,11-15,17,20-23H2/t26-,27-,28-/m0/s1. The number of hydrogen-bond acceptors (Lipinski definition) is 10. The van der Waals surface area contributed by atoms with Crippen LogP contribution < -0.4 is 9.64 Å². The number of rotatable bonds is 10. The fraction of sp³-hybridized carbons (Fsp3) is 0.368. The molecule has 2 aromatic carbocycles. The topological polar surface area (TPSA) is 110 Å². The Morgan fingerprint density at radius 2 is 1.96 bits per heavy atom. The van der Waals surface area contributed by atoms with E-state index in [1.54, 1.807) is 29.6 Å². The van der Waals surface area contributed by atoms with Crippen molar-refractivity contribution in [1.82, 2.24) is 29.7 Å². The van der Waals surface area contributed by atoms with Gasteiger partial charge < -0.3 is 24.0 Å². The lowest BCUT2D eigenvalue weighted by Gasteiger charge is -2.39. The van der Waals surface area contributed by atoms with E-state index in [0.29, 0.717) is 52.5 Å². The molecule has 3 atom stereocenters. The third kappa shape index (κ3) is 6.77. The summed E-state index contributed by atoms with van der Waals surface area (Å²) in [5.41, 5.74) is 1.40. The highest BCUT2D eigenvalue weighted by Gasteiger charge is 2.38. The molecule has 1 amide bonds. The van der Waals surface area contributed by atoms with Crippen LogP contribution in [0.25, 0.3) is 37.8 Å². The summed E-state index contributed by atoms with van der Waals surface area (Å²) < 4.78 is 34.3. The molecule has 0 spiro atoms. The summed E-state index contributed by atoms with van der Waals surface area (Å²) in [6.45, 7) is 11.6. The number of aromatic nitrogens is 4. The summed E-state index contributed by atoms with van der Waals surface area (Å²) in [7, 11) is 0. The van der Waals surface area contributed by atoms with Crippen LogP contribution in [0, 0.1) is 12.4 Å². The third-order valence-electron chi connectivity index (χ3n) is 9.99. The molecule has 0 aliphatic carbocycles. The van der Waals surface area contributed by atoms with Crippen molar-refractivity contribution in [3.63, 3.8) is 0 Å². The van der Waals surface area contributed by atoms with Crippen molar-refractivity contribution < 1.29 is 23.4 Å². The van der Waals surface area contributed by atoms with Crippen LogP contribution in [-0.2, 0) is 16.1 Å². The van der Waals surface area contributed by atoms with Crippen LogP contribution in [0.4, 0.5) is 15.0 Å². The minimum absolute atomic E-state index is 0.0327. The van der Waals surface area contributed by atoms with Gasteiger partial charge in [0.2, 0.25) is 6.54 Å². The number of halogens is 2. The Kier molecular flexibility index (Phi) is 9.68. The highest BCUT2D eigenvalue weighted by Crippen LogP contribution is 2.37. The highest BCUT2D eigenvalue weighted by atomic mass is 35.5. The summed E-state index contributed by atoms with van der Waals surface area (Å²) in [6.07, 6.45) is 6.40. The van der Waals surface area contributed by atoms with Gasteiger partial charge in [-0.05, 0) is 24.5 Å². The number of pyridine rings is 2. The molecule has 12 nitrogen and oxygen atoms in total. The van der Waals surface area contributed by atoms with Crippen LogP contribution in [0.1, 0.15) is 18.4 Å². The van der Waals surface area contributed by atoms with Crippen molar-refractivity contribution in [2.75, 3.05) is 57.4 Å². The quantitative estimate of drug-likeness (QED) is 0.125. The fourth-order valence-electron chi connectivity index (χ4n) is 7.42. The first-order valence-corrected chi connectivity index (χ1v) is 17.8. The number of benzene rings is 2. The molecule has 0 unspecified atom stereocenters. The summed E-state index contributed by atoms with van der Waals surface area (Å²) in [6, 6.07) is 14.8. The van der Waals surface area contributed by atoms with E-state index in [9.17, 15) is 4.79 Å². The normalized spacial score (nSPS) is 20.1. The molecule has 3 aliphatic heterocycles. The number of carbonyl (C=O) groups is 1. The van der Waals surface area contributed by atoms with E-state index in [2.05, 4.69) is 24.7 Å². The molecule has 3 aliphatic rings. The molecule has 52 heavy (non-hydrogen) atoms. The van der Waals surface area contributed by atoms with Gasteiger partial charge in [-0.15, -0.1) is 0 Å². The first-order valence-electron chi connectivity index (χ1n) is 17.4. The Labute approximate surface area is 304 Å². The summed E-state index contributed by atoms with van der Waals surface area (Å²) in [5, 5.41) is 2.21. The lowest BCUT2D eigenvalue weighted by Crippen LogP contribution is -2.56. The molecule has 14 heteroatoms. The maximum absolute atomic E-state index is 16.8. The van der Waals surface area contributed by atoms with Crippen LogP contribution >= 0.6 is 11.6 Å². The van der Waals surface area contributed by atoms with Crippen molar-refractivity contribution in [2.45, 2.75) is 37.6 Å². The van der Waals surface area contributed by atoms with Gasteiger partial charge in [0.1, 0.15) is 29.7 Å². The molecule has 0 N–H and O–H groups in total. The largest absolute Gasteiger partial charge is 0.463 e. The van der Waals surface area contributed by atoms with E-state index in [1.807, 2.05) is 47.4 Å². The predicted octanol–water partition coefficient (Wildman–Crippen LogP) is 6.02. The maximum atomic E-state index is 16.8. The van der Waals surface area contributed by atoms with Gasteiger partial charge in [0.25, 0.3) is 0 Å². The smallest absolute Gasteiger partial charge is 0.410 e. The third-order valence-corrected chi connectivity index (χ3v) is 10.3.